The van der Waals surface area contributed by atoms with Gasteiger partial charge in [0.1, 0.15) is 12.1 Å². The van der Waals surface area contributed by atoms with E-state index in [1.165, 1.54) is 0 Å². The molecule has 3 rings (SSSR count). The maximum Gasteiger partial charge on any atom is 0.325 e. The van der Waals surface area contributed by atoms with Crippen LogP contribution in [0.15, 0.2) is 24.3 Å². The molecule has 1 heterocycles. The van der Waals surface area contributed by atoms with Gasteiger partial charge < -0.3 is 10.6 Å². The van der Waals surface area contributed by atoms with Crippen LogP contribution in [0.5, 0.6) is 0 Å². The molecule has 146 valence electrons. The van der Waals surface area contributed by atoms with E-state index in [9.17, 15) is 14.4 Å². The van der Waals surface area contributed by atoms with Crippen LogP contribution >= 0.6 is 0 Å². The van der Waals surface area contributed by atoms with E-state index in [-0.39, 0.29) is 23.8 Å². The summed E-state index contributed by atoms with van der Waals surface area (Å²) in [6.07, 6.45) is 3.03. The molecule has 0 bridgehead atoms. The summed E-state index contributed by atoms with van der Waals surface area (Å²) in [6, 6.07) is 7.08. The van der Waals surface area contributed by atoms with Gasteiger partial charge in [0, 0.05) is 5.69 Å². The fraction of sp³-hybridized carbons (Fsp3) is 0.571. The maximum absolute atomic E-state index is 13.1. The molecule has 1 saturated heterocycles. The zero-order valence-corrected chi connectivity index (χ0v) is 16.6. The number of benzene rings is 1. The van der Waals surface area contributed by atoms with E-state index in [4.69, 9.17) is 0 Å². The predicted molar refractivity (Wildman–Crippen MR) is 104 cm³/mol. The van der Waals surface area contributed by atoms with Crippen LogP contribution in [0, 0.1) is 11.3 Å². The largest absolute Gasteiger partial charge is 0.325 e. The van der Waals surface area contributed by atoms with Crippen molar-refractivity contribution in [3.63, 3.8) is 0 Å². The quantitative estimate of drug-likeness (QED) is 0.797. The summed E-state index contributed by atoms with van der Waals surface area (Å²) < 4.78 is 0. The van der Waals surface area contributed by atoms with Gasteiger partial charge in [0.2, 0.25) is 5.91 Å². The van der Waals surface area contributed by atoms with Crippen molar-refractivity contribution in [2.24, 2.45) is 11.3 Å². The third kappa shape index (κ3) is 3.84. The number of nitrogens with one attached hydrogen (secondary N) is 2. The lowest BCUT2D eigenvalue weighted by atomic mass is 9.64. The molecule has 1 spiro atoms. The van der Waals surface area contributed by atoms with Crippen LogP contribution in [-0.4, -0.2) is 34.8 Å². The van der Waals surface area contributed by atoms with Crippen LogP contribution < -0.4 is 10.6 Å². The van der Waals surface area contributed by atoms with Gasteiger partial charge in [-0.3, -0.25) is 14.5 Å². The van der Waals surface area contributed by atoms with Crippen molar-refractivity contribution in [3.8, 4) is 0 Å². The van der Waals surface area contributed by atoms with Crippen molar-refractivity contribution < 1.29 is 14.4 Å². The fourth-order valence-electron chi connectivity index (χ4n) is 4.93. The molecule has 2 atom stereocenters. The van der Waals surface area contributed by atoms with Gasteiger partial charge >= 0.3 is 6.03 Å². The number of hydrogen-bond acceptors (Lipinski definition) is 3. The first kappa shape index (κ1) is 19.4. The predicted octanol–water partition coefficient (Wildman–Crippen LogP) is 3.32. The Morgan fingerprint density at radius 2 is 1.96 bits per heavy atom. The minimum absolute atomic E-state index is 0.0288. The molecular formula is C21H29N3O3. The number of nitrogens with zero attached hydrogens (tertiary/aromatic N) is 1. The SMILES string of the molecule is CCc1ccccc1NC(=O)CN1C(=O)NC2(CC(C)CC(C)(C)C2)C1=O. The number of amides is 4. The van der Waals surface area contributed by atoms with Gasteiger partial charge in [0.15, 0.2) is 0 Å². The van der Waals surface area contributed by atoms with Gasteiger partial charge in [-0.05, 0) is 48.6 Å². The Labute approximate surface area is 160 Å². The van der Waals surface area contributed by atoms with E-state index in [1.54, 1.807) is 0 Å². The summed E-state index contributed by atoms with van der Waals surface area (Å²) in [6.45, 7) is 8.11. The molecule has 1 saturated carbocycles. The number of carbonyl (C=O) groups is 3. The lowest BCUT2D eigenvalue weighted by Crippen LogP contribution is -2.54. The molecule has 1 aromatic carbocycles. The van der Waals surface area contributed by atoms with Gasteiger partial charge in [-0.25, -0.2) is 4.79 Å². The second-order valence-electron chi connectivity index (χ2n) is 8.82. The number of para-hydroxylation sites is 1. The van der Waals surface area contributed by atoms with E-state index >= 15 is 0 Å². The van der Waals surface area contributed by atoms with Gasteiger partial charge in [-0.15, -0.1) is 0 Å². The van der Waals surface area contributed by atoms with Crippen LogP contribution in [0.1, 0.15) is 52.5 Å². The average molecular weight is 371 g/mol. The Morgan fingerprint density at radius 1 is 1.26 bits per heavy atom. The van der Waals surface area contributed by atoms with Crippen LogP contribution in [-0.2, 0) is 16.0 Å². The highest BCUT2D eigenvalue weighted by atomic mass is 16.2. The lowest BCUT2D eigenvalue weighted by molar-refractivity contribution is -0.136. The molecule has 6 nitrogen and oxygen atoms in total. The standard InChI is InChI=1S/C21H29N3O3/c1-5-15-8-6-7-9-16(15)22-17(25)12-24-18(26)21(23-19(24)27)11-14(2)10-20(3,4)13-21/h6-9,14H,5,10-13H2,1-4H3,(H,22,25)(H,23,27). The van der Waals surface area contributed by atoms with Crippen molar-refractivity contribution in [1.29, 1.82) is 0 Å². The van der Waals surface area contributed by atoms with Crippen molar-refractivity contribution in [1.82, 2.24) is 10.2 Å². The van der Waals surface area contributed by atoms with Gasteiger partial charge in [-0.2, -0.15) is 0 Å². The molecule has 0 radical (unpaired) electrons. The Balaban J connectivity index is 1.73. The Morgan fingerprint density at radius 3 is 2.63 bits per heavy atom. The smallest absolute Gasteiger partial charge is 0.324 e. The summed E-state index contributed by atoms with van der Waals surface area (Å²) in [5.41, 5.74) is 0.834. The topological polar surface area (TPSA) is 78.5 Å². The first-order valence-electron chi connectivity index (χ1n) is 9.68. The summed E-state index contributed by atoms with van der Waals surface area (Å²) in [5, 5.41) is 5.74. The lowest BCUT2D eigenvalue weighted by Gasteiger charge is -2.43. The molecule has 2 fully saturated rings. The highest BCUT2D eigenvalue weighted by Gasteiger charge is 2.56. The maximum atomic E-state index is 13.1. The third-order valence-corrected chi connectivity index (χ3v) is 5.60. The third-order valence-electron chi connectivity index (χ3n) is 5.60. The molecule has 0 aromatic heterocycles. The molecule has 1 aliphatic heterocycles. The molecular weight excluding hydrogens is 342 g/mol. The minimum atomic E-state index is -0.875. The average Bonchev–Trinajstić information content (AvgIpc) is 2.77. The number of urea groups is 1. The highest BCUT2D eigenvalue weighted by Crippen LogP contribution is 2.46. The van der Waals surface area contributed by atoms with Gasteiger partial charge in [-0.1, -0.05) is 45.9 Å². The number of anilines is 1. The Kier molecular flexibility index (Phi) is 5.02. The monoisotopic (exact) mass is 371 g/mol. The van der Waals surface area contributed by atoms with E-state index in [1.807, 2.05) is 31.2 Å². The van der Waals surface area contributed by atoms with E-state index in [0.29, 0.717) is 18.8 Å². The van der Waals surface area contributed by atoms with Gasteiger partial charge in [0.25, 0.3) is 5.91 Å². The van der Waals surface area contributed by atoms with E-state index in [0.717, 1.165) is 29.0 Å². The van der Waals surface area contributed by atoms with Crippen molar-refractivity contribution in [3.05, 3.63) is 29.8 Å². The zero-order chi connectivity index (χ0) is 19.8. The van der Waals surface area contributed by atoms with Crippen LogP contribution in [0.25, 0.3) is 0 Å². The van der Waals surface area contributed by atoms with Crippen molar-refractivity contribution in [2.75, 3.05) is 11.9 Å². The molecule has 27 heavy (non-hydrogen) atoms. The van der Waals surface area contributed by atoms with E-state index in [2.05, 4.69) is 31.4 Å². The zero-order valence-electron chi connectivity index (χ0n) is 16.6. The fourth-order valence-corrected chi connectivity index (χ4v) is 4.93. The summed E-state index contributed by atoms with van der Waals surface area (Å²) >= 11 is 0. The Bertz CT molecular complexity index is 774. The van der Waals surface area contributed by atoms with Gasteiger partial charge in [0.05, 0.1) is 0 Å². The molecule has 4 amide bonds. The number of hydrogen-bond donors (Lipinski definition) is 2. The molecule has 2 unspecified atom stereocenters. The first-order valence-corrected chi connectivity index (χ1v) is 9.68. The normalized spacial score (nSPS) is 27.0. The molecule has 2 aliphatic rings. The second kappa shape index (κ2) is 6.98. The summed E-state index contributed by atoms with van der Waals surface area (Å²) in [4.78, 5) is 39.2. The number of rotatable bonds is 4. The van der Waals surface area contributed by atoms with Crippen LogP contribution in [0.3, 0.4) is 0 Å². The molecule has 1 aliphatic carbocycles. The number of aryl methyl sites for hydroxylation is 1. The highest BCUT2D eigenvalue weighted by molar-refractivity contribution is 6.10. The van der Waals surface area contributed by atoms with Crippen molar-refractivity contribution in [2.45, 2.75) is 58.9 Å². The number of imide groups is 1. The second-order valence-corrected chi connectivity index (χ2v) is 8.82. The first-order chi connectivity index (χ1) is 12.7. The molecule has 6 heteroatoms. The minimum Gasteiger partial charge on any atom is -0.324 e. The molecule has 1 aromatic rings. The van der Waals surface area contributed by atoms with Crippen LogP contribution in [0.2, 0.25) is 0 Å². The van der Waals surface area contributed by atoms with Crippen molar-refractivity contribution >= 4 is 23.5 Å². The van der Waals surface area contributed by atoms with Crippen LogP contribution in [0.4, 0.5) is 10.5 Å². The Hall–Kier alpha value is -2.37. The molecule has 2 N–H and O–H groups in total. The number of carbonyl (C=O) groups excluding carboxylic acids is 3. The summed E-state index contributed by atoms with van der Waals surface area (Å²) in [7, 11) is 0. The summed E-state index contributed by atoms with van der Waals surface area (Å²) in [5.74, 6) is -0.297. The van der Waals surface area contributed by atoms with E-state index < -0.39 is 11.6 Å².